The zero-order valence-corrected chi connectivity index (χ0v) is 17.3. The van der Waals surface area contributed by atoms with Crippen LogP contribution in [0.4, 0.5) is 5.69 Å². The molecule has 1 aromatic carbocycles. The maximum atomic E-state index is 13.1. The van der Waals surface area contributed by atoms with Crippen LogP contribution in [0.2, 0.25) is 0 Å². The standard InChI is InChI=1S/C22H29N3O3/c1-14(2)28-22(27)19-16(4)20(23-17(19)5)21(26)25-11-9-24(10-12-25)18-8-6-7-15(3)13-18/h6-8,13-14,23H,9-12H2,1-5H3. The maximum absolute atomic E-state index is 13.1. The third-order valence-corrected chi connectivity index (χ3v) is 5.13. The van der Waals surface area contributed by atoms with Crippen LogP contribution in [0, 0.1) is 20.8 Å². The summed E-state index contributed by atoms with van der Waals surface area (Å²) in [4.78, 5) is 32.7. The summed E-state index contributed by atoms with van der Waals surface area (Å²) >= 11 is 0. The third kappa shape index (κ3) is 4.06. The molecule has 0 unspecified atom stereocenters. The molecular formula is C22H29N3O3. The van der Waals surface area contributed by atoms with Crippen LogP contribution in [0.5, 0.6) is 0 Å². The summed E-state index contributed by atoms with van der Waals surface area (Å²) in [7, 11) is 0. The molecule has 0 radical (unpaired) electrons. The minimum absolute atomic E-state index is 0.0620. The van der Waals surface area contributed by atoms with Crippen LogP contribution < -0.4 is 4.90 Å². The summed E-state index contributed by atoms with van der Waals surface area (Å²) in [5, 5.41) is 0. The van der Waals surface area contributed by atoms with E-state index in [1.807, 2.05) is 18.7 Å². The van der Waals surface area contributed by atoms with Gasteiger partial charge in [0.1, 0.15) is 5.69 Å². The van der Waals surface area contributed by atoms with E-state index >= 15 is 0 Å². The normalized spacial score (nSPS) is 14.5. The van der Waals surface area contributed by atoms with Crippen LogP contribution in [-0.4, -0.2) is 54.0 Å². The molecule has 0 atom stereocenters. The van der Waals surface area contributed by atoms with Crippen molar-refractivity contribution < 1.29 is 14.3 Å². The number of aryl methyl sites for hydroxylation is 2. The third-order valence-electron chi connectivity index (χ3n) is 5.13. The van der Waals surface area contributed by atoms with E-state index in [1.54, 1.807) is 13.8 Å². The predicted octanol–water partition coefficient (Wildman–Crippen LogP) is 3.47. The number of amides is 1. The van der Waals surface area contributed by atoms with Crippen LogP contribution in [0.15, 0.2) is 24.3 Å². The minimum atomic E-state index is -0.385. The molecule has 2 heterocycles. The SMILES string of the molecule is Cc1cccc(N2CCN(C(=O)c3[nH]c(C)c(C(=O)OC(C)C)c3C)CC2)c1. The van der Waals surface area contributed by atoms with Gasteiger partial charge in [-0.25, -0.2) is 4.79 Å². The van der Waals surface area contributed by atoms with E-state index in [0.29, 0.717) is 35.6 Å². The molecule has 1 aliphatic rings. The second-order valence-electron chi connectivity index (χ2n) is 7.70. The molecule has 2 aromatic rings. The summed E-state index contributed by atoms with van der Waals surface area (Å²) in [5.41, 5.74) is 4.71. The van der Waals surface area contributed by atoms with Crippen LogP contribution >= 0.6 is 0 Å². The number of esters is 1. The van der Waals surface area contributed by atoms with Gasteiger partial charge >= 0.3 is 5.97 Å². The van der Waals surface area contributed by atoms with Gasteiger partial charge in [0.25, 0.3) is 5.91 Å². The van der Waals surface area contributed by atoms with Gasteiger partial charge in [0, 0.05) is 37.6 Å². The van der Waals surface area contributed by atoms with Gasteiger partial charge in [0.2, 0.25) is 0 Å². The fraction of sp³-hybridized carbons (Fsp3) is 0.455. The van der Waals surface area contributed by atoms with Crippen molar-refractivity contribution >= 4 is 17.6 Å². The van der Waals surface area contributed by atoms with Gasteiger partial charge in [-0.3, -0.25) is 4.79 Å². The van der Waals surface area contributed by atoms with Gasteiger partial charge < -0.3 is 19.5 Å². The Morgan fingerprint density at radius 3 is 2.36 bits per heavy atom. The molecule has 6 nitrogen and oxygen atoms in total. The zero-order chi connectivity index (χ0) is 20.4. The minimum Gasteiger partial charge on any atom is -0.459 e. The summed E-state index contributed by atoms with van der Waals surface area (Å²) in [6.07, 6.45) is -0.199. The van der Waals surface area contributed by atoms with Crippen LogP contribution in [-0.2, 0) is 4.74 Å². The lowest BCUT2D eigenvalue weighted by Crippen LogP contribution is -2.49. The Morgan fingerprint density at radius 2 is 1.75 bits per heavy atom. The Labute approximate surface area is 166 Å². The lowest BCUT2D eigenvalue weighted by molar-refractivity contribution is 0.0376. The Bertz CT molecular complexity index is 877. The molecule has 3 rings (SSSR count). The van der Waals surface area contributed by atoms with E-state index in [-0.39, 0.29) is 18.0 Å². The number of benzene rings is 1. The first-order valence-electron chi connectivity index (χ1n) is 9.79. The molecule has 0 bridgehead atoms. The maximum Gasteiger partial charge on any atom is 0.340 e. The molecular weight excluding hydrogens is 354 g/mol. The summed E-state index contributed by atoms with van der Waals surface area (Å²) < 4.78 is 5.32. The molecule has 1 aliphatic heterocycles. The fourth-order valence-corrected chi connectivity index (χ4v) is 3.69. The quantitative estimate of drug-likeness (QED) is 0.821. The summed E-state index contributed by atoms with van der Waals surface area (Å²) in [6.45, 7) is 12.2. The summed E-state index contributed by atoms with van der Waals surface area (Å²) in [6, 6.07) is 8.42. The van der Waals surface area contributed by atoms with E-state index in [1.165, 1.54) is 11.3 Å². The first-order valence-corrected chi connectivity index (χ1v) is 9.79. The second-order valence-corrected chi connectivity index (χ2v) is 7.70. The Balaban J connectivity index is 1.71. The number of piperazine rings is 1. The molecule has 1 fully saturated rings. The van der Waals surface area contributed by atoms with Gasteiger partial charge in [-0.2, -0.15) is 0 Å². The number of rotatable bonds is 4. The zero-order valence-electron chi connectivity index (χ0n) is 17.3. The van der Waals surface area contributed by atoms with Crippen molar-refractivity contribution in [2.24, 2.45) is 0 Å². The highest BCUT2D eigenvalue weighted by atomic mass is 16.5. The molecule has 28 heavy (non-hydrogen) atoms. The van der Waals surface area contributed by atoms with E-state index in [2.05, 4.69) is 41.1 Å². The highest BCUT2D eigenvalue weighted by molar-refractivity contribution is 6.00. The van der Waals surface area contributed by atoms with Crippen molar-refractivity contribution in [3.8, 4) is 0 Å². The van der Waals surface area contributed by atoms with Gasteiger partial charge in [-0.05, 0) is 57.9 Å². The van der Waals surface area contributed by atoms with Gasteiger partial charge in [0.15, 0.2) is 0 Å². The number of hydrogen-bond donors (Lipinski definition) is 1. The van der Waals surface area contributed by atoms with E-state index < -0.39 is 0 Å². The molecule has 1 aromatic heterocycles. The van der Waals surface area contributed by atoms with Crippen molar-refractivity contribution in [1.29, 1.82) is 0 Å². The smallest absolute Gasteiger partial charge is 0.340 e. The molecule has 150 valence electrons. The number of ether oxygens (including phenoxy) is 1. The summed E-state index contributed by atoms with van der Waals surface area (Å²) in [5.74, 6) is -0.447. The van der Waals surface area contributed by atoms with E-state index in [9.17, 15) is 9.59 Å². The molecule has 1 saturated heterocycles. The number of H-pyrrole nitrogens is 1. The lowest BCUT2D eigenvalue weighted by atomic mass is 10.1. The van der Waals surface area contributed by atoms with Crippen LogP contribution in [0.1, 0.15) is 51.5 Å². The van der Waals surface area contributed by atoms with Crippen LogP contribution in [0.25, 0.3) is 0 Å². The lowest BCUT2D eigenvalue weighted by Gasteiger charge is -2.36. The van der Waals surface area contributed by atoms with Crippen molar-refractivity contribution in [3.63, 3.8) is 0 Å². The van der Waals surface area contributed by atoms with Gasteiger partial charge in [-0.15, -0.1) is 0 Å². The monoisotopic (exact) mass is 383 g/mol. The fourth-order valence-electron chi connectivity index (χ4n) is 3.69. The first-order chi connectivity index (χ1) is 13.3. The van der Waals surface area contributed by atoms with E-state index in [0.717, 1.165) is 13.1 Å². The molecule has 0 spiro atoms. The Morgan fingerprint density at radius 1 is 1.07 bits per heavy atom. The van der Waals surface area contributed by atoms with Crippen molar-refractivity contribution in [2.75, 3.05) is 31.1 Å². The largest absolute Gasteiger partial charge is 0.459 e. The number of anilines is 1. The highest BCUT2D eigenvalue weighted by Crippen LogP contribution is 2.23. The first kappa shape index (κ1) is 20.0. The molecule has 1 amide bonds. The average molecular weight is 383 g/mol. The van der Waals surface area contributed by atoms with Gasteiger partial charge in [0.05, 0.1) is 11.7 Å². The van der Waals surface area contributed by atoms with Gasteiger partial charge in [-0.1, -0.05) is 12.1 Å². The topological polar surface area (TPSA) is 65.6 Å². The predicted molar refractivity (Wildman–Crippen MR) is 110 cm³/mol. The highest BCUT2D eigenvalue weighted by Gasteiger charge is 2.28. The number of nitrogens with zero attached hydrogens (tertiary/aromatic N) is 2. The van der Waals surface area contributed by atoms with E-state index in [4.69, 9.17) is 4.74 Å². The number of nitrogens with one attached hydrogen (secondary N) is 1. The number of hydrogen-bond acceptors (Lipinski definition) is 4. The Hall–Kier alpha value is -2.76. The molecule has 6 heteroatoms. The number of carbonyl (C=O) groups excluding carboxylic acids is 2. The number of aromatic nitrogens is 1. The number of carbonyl (C=O) groups is 2. The van der Waals surface area contributed by atoms with Crippen LogP contribution in [0.3, 0.4) is 0 Å². The van der Waals surface area contributed by atoms with Crippen molar-refractivity contribution in [1.82, 2.24) is 9.88 Å². The average Bonchev–Trinajstić information content (AvgIpc) is 2.95. The second kappa shape index (κ2) is 8.09. The molecule has 0 saturated carbocycles. The van der Waals surface area contributed by atoms with Crippen molar-refractivity contribution in [2.45, 2.75) is 40.7 Å². The Kier molecular flexibility index (Phi) is 5.77. The molecule has 1 N–H and O–H groups in total. The van der Waals surface area contributed by atoms with Crippen molar-refractivity contribution in [3.05, 3.63) is 52.3 Å². The molecule has 0 aliphatic carbocycles. The number of aromatic amines is 1.